The molecule has 0 aliphatic carbocycles. The van der Waals surface area contributed by atoms with Gasteiger partial charge in [0.2, 0.25) is 5.91 Å². The summed E-state index contributed by atoms with van der Waals surface area (Å²) in [6, 6.07) is 17.7. The number of carboxylic acids is 1. The number of fused-ring (bicyclic) bond motifs is 2. The van der Waals surface area contributed by atoms with Crippen LogP contribution >= 0.6 is 0 Å². The number of rotatable bonds is 3. The third kappa shape index (κ3) is 3.68. The number of hydrogen-bond donors (Lipinski definition) is 4. The Labute approximate surface area is 139 Å². The first-order chi connectivity index (χ1) is 11.5. The van der Waals surface area contributed by atoms with Crippen molar-refractivity contribution in [1.82, 2.24) is 5.32 Å². The summed E-state index contributed by atoms with van der Waals surface area (Å²) in [6.07, 6.45) is -0.931. The van der Waals surface area contributed by atoms with Crippen LogP contribution < -0.4 is 16.8 Å². The summed E-state index contributed by atoms with van der Waals surface area (Å²) in [4.78, 5) is 21.4. The van der Waals surface area contributed by atoms with Gasteiger partial charge in [-0.05, 0) is 34.7 Å². The molecule has 1 amide bonds. The molecule has 0 aliphatic heterocycles. The first-order valence-electron chi connectivity index (χ1n) is 7.31. The summed E-state index contributed by atoms with van der Waals surface area (Å²) in [5.74, 6) is -1.42. The predicted octanol–water partition coefficient (Wildman–Crippen LogP) is 1.67. The molecule has 6 heteroatoms. The van der Waals surface area contributed by atoms with Gasteiger partial charge < -0.3 is 16.6 Å². The summed E-state index contributed by atoms with van der Waals surface area (Å²) in [6.45, 7) is 0. The highest BCUT2D eigenvalue weighted by Gasteiger charge is 2.11. The van der Waals surface area contributed by atoms with Crippen molar-refractivity contribution >= 4 is 33.4 Å². The lowest BCUT2D eigenvalue weighted by Gasteiger charge is -2.08. The van der Waals surface area contributed by atoms with Crippen molar-refractivity contribution in [2.24, 2.45) is 11.5 Å². The van der Waals surface area contributed by atoms with Crippen LogP contribution in [0.5, 0.6) is 0 Å². The van der Waals surface area contributed by atoms with Crippen LogP contribution in [-0.4, -0.2) is 30.2 Å². The van der Waals surface area contributed by atoms with E-state index in [1.165, 1.54) is 7.05 Å². The van der Waals surface area contributed by atoms with Gasteiger partial charge in [-0.25, -0.2) is 4.79 Å². The average Bonchev–Trinajstić information content (AvgIpc) is 2.58. The molecule has 1 atom stereocenters. The molecule has 0 saturated heterocycles. The van der Waals surface area contributed by atoms with Gasteiger partial charge in [0.1, 0.15) is 0 Å². The maximum Gasteiger partial charge on any atom is 0.335 e. The van der Waals surface area contributed by atoms with Crippen molar-refractivity contribution in [2.45, 2.75) is 6.17 Å². The van der Waals surface area contributed by atoms with E-state index in [1.807, 2.05) is 48.5 Å². The molecule has 0 radical (unpaired) electrons. The Morgan fingerprint density at radius 1 is 1.00 bits per heavy atom. The molecule has 1 unspecified atom stereocenters. The standard InChI is InChI=1S/C15H11NO.C3H8N2O2/c16-15(17)14-12-7-3-1-5-10(12)9-11-6-2-4-8-13(11)14;1-5-2(4)3(6)7/h1-9H,(H2,16,17);2,5H,4H2,1H3,(H,6,7). The number of nitrogens with one attached hydrogen (secondary N) is 1. The molecule has 3 rings (SSSR count). The molecular weight excluding hydrogens is 306 g/mol. The summed E-state index contributed by atoms with van der Waals surface area (Å²) in [5, 5.41) is 14.3. The summed E-state index contributed by atoms with van der Waals surface area (Å²) < 4.78 is 0. The lowest BCUT2D eigenvalue weighted by atomic mass is 9.96. The molecule has 124 valence electrons. The molecule has 24 heavy (non-hydrogen) atoms. The number of carbonyl (C=O) groups is 2. The van der Waals surface area contributed by atoms with Gasteiger partial charge in [0, 0.05) is 0 Å². The minimum Gasteiger partial charge on any atom is -0.479 e. The number of carbonyl (C=O) groups excluding carboxylic acids is 1. The van der Waals surface area contributed by atoms with E-state index in [-0.39, 0.29) is 5.91 Å². The molecule has 0 aliphatic rings. The lowest BCUT2D eigenvalue weighted by Crippen LogP contribution is -2.41. The smallest absolute Gasteiger partial charge is 0.335 e. The molecule has 6 nitrogen and oxygen atoms in total. The Morgan fingerprint density at radius 3 is 1.79 bits per heavy atom. The quantitative estimate of drug-likeness (QED) is 0.431. The van der Waals surface area contributed by atoms with Gasteiger partial charge in [-0.3, -0.25) is 10.1 Å². The number of primary amides is 1. The number of hydrogen-bond acceptors (Lipinski definition) is 4. The molecule has 3 aromatic rings. The van der Waals surface area contributed by atoms with Gasteiger partial charge in [-0.1, -0.05) is 48.5 Å². The van der Waals surface area contributed by atoms with Gasteiger partial charge in [0.25, 0.3) is 0 Å². The van der Waals surface area contributed by atoms with Crippen molar-refractivity contribution in [3.05, 3.63) is 60.2 Å². The largest absolute Gasteiger partial charge is 0.479 e. The molecular formula is C18H19N3O3. The Hall–Kier alpha value is -2.96. The Balaban J connectivity index is 0.000000256. The van der Waals surface area contributed by atoms with Crippen molar-refractivity contribution in [2.75, 3.05) is 7.05 Å². The van der Waals surface area contributed by atoms with E-state index in [0.717, 1.165) is 21.5 Å². The average molecular weight is 325 g/mol. The van der Waals surface area contributed by atoms with Gasteiger partial charge in [-0.2, -0.15) is 0 Å². The van der Waals surface area contributed by atoms with E-state index in [4.69, 9.17) is 16.6 Å². The zero-order chi connectivity index (χ0) is 17.7. The van der Waals surface area contributed by atoms with Crippen LogP contribution in [0.4, 0.5) is 0 Å². The minimum absolute atomic E-state index is 0.377. The third-order valence-corrected chi connectivity index (χ3v) is 3.59. The van der Waals surface area contributed by atoms with Crippen LogP contribution in [-0.2, 0) is 4.79 Å². The molecule has 0 aromatic heterocycles. The molecule has 0 spiro atoms. The zero-order valence-corrected chi connectivity index (χ0v) is 13.2. The Bertz CT molecular complexity index is 839. The number of likely N-dealkylation sites (N-methyl/N-ethyl adjacent to an activating group) is 1. The highest BCUT2D eigenvalue weighted by molar-refractivity contribution is 6.17. The van der Waals surface area contributed by atoms with E-state index in [0.29, 0.717) is 5.56 Å². The van der Waals surface area contributed by atoms with Gasteiger partial charge >= 0.3 is 5.97 Å². The second-order valence-corrected chi connectivity index (χ2v) is 5.16. The molecule has 0 fully saturated rings. The van der Waals surface area contributed by atoms with E-state index in [2.05, 4.69) is 11.4 Å². The number of amides is 1. The molecule has 6 N–H and O–H groups in total. The van der Waals surface area contributed by atoms with Crippen LogP contribution in [0.1, 0.15) is 10.4 Å². The summed E-state index contributed by atoms with van der Waals surface area (Å²) in [7, 11) is 1.48. The number of nitrogens with two attached hydrogens (primary N) is 2. The van der Waals surface area contributed by atoms with Gasteiger partial charge in [0.15, 0.2) is 6.17 Å². The maximum atomic E-state index is 11.7. The normalized spacial score (nSPS) is 11.6. The summed E-state index contributed by atoms with van der Waals surface area (Å²) in [5.41, 5.74) is 11.0. The van der Waals surface area contributed by atoms with E-state index < -0.39 is 12.1 Å². The van der Waals surface area contributed by atoms with Crippen molar-refractivity contribution in [1.29, 1.82) is 0 Å². The minimum atomic E-state index is -1.04. The monoisotopic (exact) mass is 325 g/mol. The van der Waals surface area contributed by atoms with Crippen LogP contribution in [0, 0.1) is 0 Å². The van der Waals surface area contributed by atoms with E-state index in [9.17, 15) is 9.59 Å². The number of aliphatic carboxylic acids is 1. The fourth-order valence-electron chi connectivity index (χ4n) is 2.40. The predicted molar refractivity (Wildman–Crippen MR) is 94.6 cm³/mol. The Kier molecular flexibility index (Phi) is 5.47. The zero-order valence-electron chi connectivity index (χ0n) is 13.2. The fourth-order valence-corrected chi connectivity index (χ4v) is 2.40. The van der Waals surface area contributed by atoms with Crippen LogP contribution in [0.2, 0.25) is 0 Å². The Morgan fingerprint density at radius 2 is 1.46 bits per heavy atom. The van der Waals surface area contributed by atoms with Crippen LogP contribution in [0.3, 0.4) is 0 Å². The second-order valence-electron chi connectivity index (χ2n) is 5.16. The first-order valence-corrected chi connectivity index (χ1v) is 7.31. The second kappa shape index (κ2) is 7.54. The summed E-state index contributed by atoms with van der Waals surface area (Å²) >= 11 is 0. The molecule has 0 saturated carbocycles. The SMILES string of the molecule is CNC(N)C(=O)O.NC(=O)c1c2ccccc2cc2ccccc12. The fraction of sp³-hybridized carbons (Fsp3) is 0.111. The van der Waals surface area contributed by atoms with Crippen LogP contribution in [0.25, 0.3) is 21.5 Å². The molecule has 3 aromatic carbocycles. The lowest BCUT2D eigenvalue weighted by molar-refractivity contribution is -0.139. The maximum absolute atomic E-state index is 11.7. The van der Waals surface area contributed by atoms with Gasteiger partial charge in [-0.15, -0.1) is 0 Å². The topological polar surface area (TPSA) is 118 Å². The first kappa shape index (κ1) is 17.4. The van der Waals surface area contributed by atoms with Crippen molar-refractivity contribution < 1.29 is 14.7 Å². The van der Waals surface area contributed by atoms with E-state index >= 15 is 0 Å². The van der Waals surface area contributed by atoms with Crippen molar-refractivity contribution in [3.63, 3.8) is 0 Å². The third-order valence-electron chi connectivity index (χ3n) is 3.59. The van der Waals surface area contributed by atoms with Gasteiger partial charge in [0.05, 0.1) is 5.56 Å². The number of benzene rings is 3. The van der Waals surface area contributed by atoms with E-state index in [1.54, 1.807) is 0 Å². The highest BCUT2D eigenvalue weighted by Crippen LogP contribution is 2.27. The molecule has 0 heterocycles. The number of carboxylic acid groups (broad SMARTS) is 1. The molecule has 0 bridgehead atoms. The highest BCUT2D eigenvalue weighted by atomic mass is 16.4. The van der Waals surface area contributed by atoms with Crippen molar-refractivity contribution in [3.8, 4) is 0 Å². The van der Waals surface area contributed by atoms with Crippen LogP contribution in [0.15, 0.2) is 54.6 Å².